The molecule has 7 nitrogen and oxygen atoms in total. The molecule has 4 rings (SSSR count). The van der Waals surface area contributed by atoms with Gasteiger partial charge in [0.25, 0.3) is 5.91 Å². The van der Waals surface area contributed by atoms with Gasteiger partial charge < -0.3 is 14.8 Å². The number of rotatable bonds is 6. The molecule has 2 heterocycles. The first-order valence-electron chi connectivity index (χ1n) is 9.48. The van der Waals surface area contributed by atoms with Crippen molar-refractivity contribution in [3.05, 3.63) is 35.9 Å². The summed E-state index contributed by atoms with van der Waals surface area (Å²) >= 11 is 0. The first-order chi connectivity index (χ1) is 13.4. The van der Waals surface area contributed by atoms with Gasteiger partial charge in [0.1, 0.15) is 0 Å². The number of amides is 1. The summed E-state index contributed by atoms with van der Waals surface area (Å²) in [5.41, 5.74) is 1.19. The molecule has 1 amide bonds. The largest absolute Gasteiger partial charge is 0.548 e. The van der Waals surface area contributed by atoms with E-state index in [1.54, 1.807) is 29.2 Å². The Morgan fingerprint density at radius 3 is 2.75 bits per heavy atom. The van der Waals surface area contributed by atoms with Crippen molar-refractivity contribution in [1.29, 1.82) is 0 Å². The zero-order chi connectivity index (χ0) is 20.1. The van der Waals surface area contributed by atoms with Crippen LogP contribution in [0.15, 0.2) is 35.2 Å². The third kappa shape index (κ3) is 2.70. The molecule has 0 saturated carbocycles. The Balaban J connectivity index is 1.87. The lowest BCUT2D eigenvalue weighted by molar-refractivity contribution is -0.309. The molecule has 0 spiro atoms. The van der Waals surface area contributed by atoms with E-state index < -0.39 is 22.0 Å². The molecule has 28 heavy (non-hydrogen) atoms. The van der Waals surface area contributed by atoms with Gasteiger partial charge in [0.2, 0.25) is 10.0 Å². The Bertz CT molecular complexity index is 1080. The van der Waals surface area contributed by atoms with Crippen molar-refractivity contribution in [2.75, 3.05) is 18.0 Å². The van der Waals surface area contributed by atoms with Gasteiger partial charge in [0.15, 0.2) is 0 Å². The second-order valence-corrected chi connectivity index (χ2v) is 9.07. The molecule has 2 aliphatic rings. The number of carbonyl (C=O) groups excluding carboxylic acids is 2. The topological polar surface area (TPSA) is 97.8 Å². The van der Waals surface area contributed by atoms with E-state index in [-0.39, 0.29) is 23.8 Å². The van der Waals surface area contributed by atoms with Gasteiger partial charge in [-0.1, -0.05) is 25.5 Å². The molecule has 1 fully saturated rings. The number of unbranched alkanes of at least 4 members (excludes halogenated alkanes) is 1. The SMILES string of the molecule is CCCCN1C(=O)c2cccc3c(S(=O)(=O)N4CCC[C@H]4C(=O)[O-])ccc1c23. The lowest BCUT2D eigenvalue weighted by Gasteiger charge is -2.25. The molecular formula is C20H21N2O5S-. The maximum atomic E-state index is 13.3. The maximum Gasteiger partial charge on any atom is 0.258 e. The summed E-state index contributed by atoms with van der Waals surface area (Å²) < 4.78 is 27.6. The highest BCUT2D eigenvalue weighted by atomic mass is 32.2. The van der Waals surface area contributed by atoms with Gasteiger partial charge in [0, 0.05) is 29.4 Å². The van der Waals surface area contributed by atoms with Gasteiger partial charge in [0.05, 0.1) is 22.6 Å². The molecule has 2 aromatic carbocycles. The number of anilines is 1. The van der Waals surface area contributed by atoms with Crippen molar-refractivity contribution in [1.82, 2.24) is 4.31 Å². The van der Waals surface area contributed by atoms with Crippen LogP contribution in [0.4, 0.5) is 5.69 Å². The molecule has 0 radical (unpaired) electrons. The average molecular weight is 401 g/mol. The summed E-state index contributed by atoms with van der Waals surface area (Å²) in [6.07, 6.45) is 2.51. The number of sulfonamides is 1. The Hall–Kier alpha value is -2.45. The molecule has 2 aromatic rings. The number of hydrogen-bond acceptors (Lipinski definition) is 5. The van der Waals surface area contributed by atoms with Gasteiger partial charge in [-0.05, 0) is 37.5 Å². The summed E-state index contributed by atoms with van der Waals surface area (Å²) in [6.45, 7) is 2.76. The van der Waals surface area contributed by atoms with Gasteiger partial charge in [-0.3, -0.25) is 4.79 Å². The summed E-state index contributed by atoms with van der Waals surface area (Å²) in [4.78, 5) is 25.9. The Labute approximate surface area is 163 Å². The number of carbonyl (C=O) groups is 2. The third-order valence-electron chi connectivity index (χ3n) is 5.54. The van der Waals surface area contributed by atoms with E-state index in [9.17, 15) is 23.1 Å². The van der Waals surface area contributed by atoms with E-state index in [0.717, 1.165) is 17.1 Å². The molecule has 2 aliphatic heterocycles. The van der Waals surface area contributed by atoms with Crippen LogP contribution in [0, 0.1) is 0 Å². The predicted octanol–water partition coefficient (Wildman–Crippen LogP) is 1.50. The number of aliphatic carboxylic acids is 1. The number of carboxylic acid groups (broad SMARTS) is 1. The van der Waals surface area contributed by atoms with Gasteiger partial charge in [-0.2, -0.15) is 4.31 Å². The monoisotopic (exact) mass is 401 g/mol. The fraction of sp³-hybridized carbons (Fsp3) is 0.400. The summed E-state index contributed by atoms with van der Waals surface area (Å²) in [6, 6.07) is 7.03. The van der Waals surface area contributed by atoms with Crippen molar-refractivity contribution in [3.63, 3.8) is 0 Å². The Morgan fingerprint density at radius 1 is 1.25 bits per heavy atom. The van der Waals surface area contributed by atoms with Crippen LogP contribution in [-0.4, -0.2) is 43.7 Å². The third-order valence-corrected chi connectivity index (χ3v) is 7.51. The number of nitrogens with zero attached hydrogens (tertiary/aromatic N) is 2. The average Bonchev–Trinajstić information content (AvgIpc) is 3.27. The molecular weight excluding hydrogens is 380 g/mol. The first kappa shape index (κ1) is 18.9. The van der Waals surface area contributed by atoms with Crippen LogP contribution in [0.5, 0.6) is 0 Å². The van der Waals surface area contributed by atoms with Crippen molar-refractivity contribution < 1.29 is 23.1 Å². The minimum absolute atomic E-state index is 0.0337. The predicted molar refractivity (Wildman–Crippen MR) is 102 cm³/mol. The van der Waals surface area contributed by atoms with Crippen LogP contribution in [0.3, 0.4) is 0 Å². The van der Waals surface area contributed by atoms with E-state index in [1.807, 2.05) is 6.92 Å². The van der Waals surface area contributed by atoms with Gasteiger partial charge >= 0.3 is 0 Å². The number of benzene rings is 2. The molecule has 1 saturated heterocycles. The first-order valence-corrected chi connectivity index (χ1v) is 10.9. The van der Waals surface area contributed by atoms with E-state index in [4.69, 9.17) is 0 Å². The quantitative estimate of drug-likeness (QED) is 0.731. The zero-order valence-electron chi connectivity index (χ0n) is 15.6. The minimum Gasteiger partial charge on any atom is -0.548 e. The van der Waals surface area contributed by atoms with Crippen LogP contribution in [0.25, 0.3) is 10.8 Å². The van der Waals surface area contributed by atoms with Crippen molar-refractivity contribution >= 4 is 38.4 Å². The molecule has 1 atom stereocenters. The Morgan fingerprint density at radius 2 is 2.04 bits per heavy atom. The maximum absolute atomic E-state index is 13.3. The fourth-order valence-electron chi connectivity index (χ4n) is 4.17. The molecule has 0 bridgehead atoms. The second kappa shape index (κ2) is 6.86. The van der Waals surface area contributed by atoms with E-state index >= 15 is 0 Å². The second-order valence-electron chi connectivity index (χ2n) is 7.21. The van der Waals surface area contributed by atoms with E-state index in [2.05, 4.69) is 0 Å². The van der Waals surface area contributed by atoms with Crippen LogP contribution >= 0.6 is 0 Å². The van der Waals surface area contributed by atoms with Crippen LogP contribution in [-0.2, 0) is 14.8 Å². The van der Waals surface area contributed by atoms with Gasteiger partial charge in [-0.25, -0.2) is 8.42 Å². The molecule has 0 aromatic heterocycles. The Kier molecular flexibility index (Phi) is 4.63. The zero-order valence-corrected chi connectivity index (χ0v) is 16.4. The number of carboxylic acids is 1. The highest BCUT2D eigenvalue weighted by Crippen LogP contribution is 2.41. The molecule has 0 N–H and O–H groups in total. The van der Waals surface area contributed by atoms with E-state index in [0.29, 0.717) is 35.0 Å². The smallest absolute Gasteiger partial charge is 0.258 e. The molecule has 8 heteroatoms. The summed E-state index contributed by atoms with van der Waals surface area (Å²) in [5.74, 6) is -1.51. The van der Waals surface area contributed by atoms with Crippen molar-refractivity contribution in [3.8, 4) is 0 Å². The van der Waals surface area contributed by atoms with Crippen molar-refractivity contribution in [2.45, 2.75) is 43.5 Å². The normalized spacial score (nSPS) is 19.7. The standard InChI is InChI=1S/C20H22N2O5S/c1-2-3-11-21-15-9-10-17(13-6-4-7-14(18(13)15)19(21)23)28(26,27)22-12-5-8-16(22)20(24)25/h4,6-7,9-10,16H,2-3,5,8,11-12H2,1H3,(H,24,25)/p-1/t16-/m0/s1. The molecule has 148 valence electrons. The number of hydrogen-bond donors (Lipinski definition) is 0. The summed E-state index contributed by atoms with van der Waals surface area (Å²) in [5, 5.41) is 12.5. The summed E-state index contributed by atoms with van der Waals surface area (Å²) in [7, 11) is -4.03. The van der Waals surface area contributed by atoms with Crippen LogP contribution in [0.2, 0.25) is 0 Å². The lowest BCUT2D eigenvalue weighted by Crippen LogP contribution is -2.46. The van der Waals surface area contributed by atoms with Crippen molar-refractivity contribution in [2.24, 2.45) is 0 Å². The fourth-order valence-corrected chi connectivity index (χ4v) is 6.01. The van der Waals surface area contributed by atoms with Crippen LogP contribution < -0.4 is 10.0 Å². The highest BCUT2D eigenvalue weighted by Gasteiger charge is 2.38. The highest BCUT2D eigenvalue weighted by molar-refractivity contribution is 7.89. The van der Waals surface area contributed by atoms with Crippen LogP contribution in [0.1, 0.15) is 43.0 Å². The molecule has 0 unspecified atom stereocenters. The van der Waals surface area contributed by atoms with E-state index in [1.165, 1.54) is 6.07 Å². The minimum atomic E-state index is -4.03. The molecule has 0 aliphatic carbocycles. The van der Waals surface area contributed by atoms with Gasteiger partial charge in [-0.15, -0.1) is 0 Å². The lowest BCUT2D eigenvalue weighted by atomic mass is 10.1.